The van der Waals surface area contributed by atoms with Gasteiger partial charge >= 0.3 is 12.1 Å². The quantitative estimate of drug-likeness (QED) is 0.312. The number of hydrogen-bond acceptors (Lipinski definition) is 5. The van der Waals surface area contributed by atoms with Gasteiger partial charge in [-0.3, -0.25) is 9.69 Å². The first kappa shape index (κ1) is 25.1. The van der Waals surface area contributed by atoms with E-state index in [0.29, 0.717) is 27.8 Å². The summed E-state index contributed by atoms with van der Waals surface area (Å²) in [4.78, 5) is 16.6. The molecule has 0 aliphatic heterocycles. The van der Waals surface area contributed by atoms with Gasteiger partial charge in [0.05, 0.1) is 12.1 Å². The van der Waals surface area contributed by atoms with Gasteiger partial charge in [-0.25, -0.2) is 4.39 Å². The summed E-state index contributed by atoms with van der Waals surface area (Å²) in [6.45, 7) is 1.58. The van der Waals surface area contributed by atoms with Crippen LogP contribution in [0.5, 0.6) is 0 Å². The zero-order valence-electron chi connectivity index (χ0n) is 19.3. The Morgan fingerprint density at radius 1 is 1.03 bits per heavy atom. The molecule has 1 aromatic heterocycles. The minimum absolute atomic E-state index is 0.0739. The van der Waals surface area contributed by atoms with Crippen LogP contribution in [-0.2, 0) is 17.5 Å². The first-order valence-electron chi connectivity index (χ1n) is 10.8. The standard InChI is InChI=1S/C26H21F4N3O3/c1-15-11-17(9-10-19(15)20-5-3-4-6-21(20)26(28,29)30)25-31-24(32-36-25)16-7-8-18(22(27)12-16)13-33(2)14-23(34)35/h3-12H,13-14H2,1-2H3,(H,34,35). The van der Waals surface area contributed by atoms with E-state index < -0.39 is 23.5 Å². The minimum Gasteiger partial charge on any atom is -0.480 e. The lowest BCUT2D eigenvalue weighted by molar-refractivity contribution is -0.138. The molecular weight excluding hydrogens is 478 g/mol. The molecule has 0 fully saturated rings. The number of carboxylic acids is 1. The van der Waals surface area contributed by atoms with E-state index in [1.165, 1.54) is 29.2 Å². The van der Waals surface area contributed by atoms with Gasteiger partial charge < -0.3 is 9.63 Å². The SMILES string of the molecule is Cc1cc(-c2nc(-c3ccc(CN(C)CC(=O)O)c(F)c3)no2)ccc1-c1ccccc1C(F)(F)F. The number of rotatable bonds is 7. The molecule has 0 bridgehead atoms. The Bertz CT molecular complexity index is 1420. The van der Waals surface area contributed by atoms with Crippen LogP contribution in [0, 0.1) is 12.7 Å². The van der Waals surface area contributed by atoms with Crippen molar-refractivity contribution in [3.8, 4) is 34.0 Å². The van der Waals surface area contributed by atoms with E-state index in [0.717, 1.165) is 6.07 Å². The molecule has 0 saturated heterocycles. The van der Waals surface area contributed by atoms with Crippen molar-refractivity contribution in [2.75, 3.05) is 13.6 Å². The molecule has 1 N–H and O–H groups in total. The van der Waals surface area contributed by atoms with Gasteiger partial charge in [-0.15, -0.1) is 0 Å². The number of likely N-dealkylation sites (N-methyl/N-ethyl adjacent to an activating group) is 1. The van der Waals surface area contributed by atoms with Crippen molar-refractivity contribution in [1.82, 2.24) is 15.0 Å². The molecule has 0 aliphatic carbocycles. The Morgan fingerprint density at radius 2 is 1.75 bits per heavy atom. The van der Waals surface area contributed by atoms with E-state index >= 15 is 0 Å². The summed E-state index contributed by atoms with van der Waals surface area (Å²) in [5.74, 6) is -1.28. The number of aryl methyl sites for hydroxylation is 1. The van der Waals surface area contributed by atoms with Crippen molar-refractivity contribution in [2.24, 2.45) is 0 Å². The lowest BCUT2D eigenvalue weighted by atomic mass is 9.94. The maximum Gasteiger partial charge on any atom is 0.417 e. The van der Waals surface area contributed by atoms with Gasteiger partial charge in [0.2, 0.25) is 5.82 Å². The Kier molecular flexibility index (Phi) is 6.89. The van der Waals surface area contributed by atoms with E-state index in [9.17, 15) is 22.4 Å². The molecule has 0 aliphatic rings. The first-order valence-corrected chi connectivity index (χ1v) is 10.8. The molecule has 1 heterocycles. The first-order chi connectivity index (χ1) is 17.0. The summed E-state index contributed by atoms with van der Waals surface area (Å²) in [7, 11) is 1.57. The van der Waals surface area contributed by atoms with Gasteiger partial charge in [-0.1, -0.05) is 41.6 Å². The second-order valence-corrected chi connectivity index (χ2v) is 8.37. The summed E-state index contributed by atoms with van der Waals surface area (Å²) in [5, 5.41) is 12.7. The summed E-state index contributed by atoms with van der Waals surface area (Å²) < 4.78 is 60.3. The van der Waals surface area contributed by atoms with E-state index in [1.54, 1.807) is 44.3 Å². The molecule has 10 heteroatoms. The highest BCUT2D eigenvalue weighted by Gasteiger charge is 2.33. The molecule has 0 radical (unpaired) electrons. The van der Waals surface area contributed by atoms with Crippen LogP contribution < -0.4 is 0 Å². The molecule has 0 saturated carbocycles. The molecule has 3 aromatic carbocycles. The average molecular weight is 499 g/mol. The molecule has 36 heavy (non-hydrogen) atoms. The maximum atomic E-state index is 14.6. The zero-order chi connectivity index (χ0) is 26.0. The topological polar surface area (TPSA) is 79.5 Å². The lowest BCUT2D eigenvalue weighted by Crippen LogP contribution is -2.25. The molecule has 0 unspecified atom stereocenters. The van der Waals surface area contributed by atoms with Gasteiger partial charge in [-0.2, -0.15) is 18.2 Å². The van der Waals surface area contributed by atoms with Crippen LogP contribution in [0.4, 0.5) is 17.6 Å². The number of carboxylic acid groups (broad SMARTS) is 1. The molecular formula is C26H21F4N3O3. The Morgan fingerprint density at radius 3 is 2.42 bits per heavy atom. The highest BCUT2D eigenvalue weighted by Crippen LogP contribution is 2.38. The zero-order valence-corrected chi connectivity index (χ0v) is 19.3. The number of nitrogens with zero attached hydrogens (tertiary/aromatic N) is 3. The van der Waals surface area contributed by atoms with Gasteiger partial charge in [0.1, 0.15) is 5.82 Å². The van der Waals surface area contributed by atoms with Crippen molar-refractivity contribution in [2.45, 2.75) is 19.6 Å². The molecule has 6 nitrogen and oxygen atoms in total. The lowest BCUT2D eigenvalue weighted by Gasteiger charge is -2.15. The van der Waals surface area contributed by atoms with E-state index in [2.05, 4.69) is 10.1 Å². The number of halogens is 4. The largest absolute Gasteiger partial charge is 0.480 e. The van der Waals surface area contributed by atoms with Gasteiger partial charge in [0.25, 0.3) is 5.89 Å². The van der Waals surface area contributed by atoms with E-state index in [4.69, 9.17) is 9.63 Å². The molecule has 0 atom stereocenters. The maximum absolute atomic E-state index is 14.6. The summed E-state index contributed by atoms with van der Waals surface area (Å²) >= 11 is 0. The second kappa shape index (κ2) is 9.90. The Labute approximate surface area is 203 Å². The number of carbonyl (C=O) groups is 1. The normalized spacial score (nSPS) is 11.8. The fourth-order valence-electron chi connectivity index (χ4n) is 3.91. The van der Waals surface area contributed by atoms with Crippen molar-refractivity contribution in [3.63, 3.8) is 0 Å². The number of benzene rings is 3. The number of aliphatic carboxylic acids is 1. The number of alkyl halides is 3. The van der Waals surface area contributed by atoms with E-state index in [1.807, 2.05) is 0 Å². The van der Waals surface area contributed by atoms with Crippen molar-refractivity contribution in [3.05, 3.63) is 83.2 Å². The van der Waals surface area contributed by atoms with Crippen molar-refractivity contribution < 1.29 is 32.0 Å². The monoisotopic (exact) mass is 499 g/mol. The Hall–Kier alpha value is -4.05. The van der Waals surface area contributed by atoms with Crippen LogP contribution in [0.2, 0.25) is 0 Å². The predicted octanol–water partition coefficient (Wildman–Crippen LogP) is 6.05. The second-order valence-electron chi connectivity index (χ2n) is 8.37. The third-order valence-electron chi connectivity index (χ3n) is 5.58. The summed E-state index contributed by atoms with van der Waals surface area (Å²) in [6, 6.07) is 14.5. The van der Waals surface area contributed by atoms with E-state index in [-0.39, 0.29) is 30.4 Å². The average Bonchev–Trinajstić information content (AvgIpc) is 3.30. The molecule has 4 rings (SSSR count). The van der Waals surface area contributed by atoms with Crippen molar-refractivity contribution in [1.29, 1.82) is 0 Å². The molecule has 186 valence electrons. The highest BCUT2D eigenvalue weighted by atomic mass is 19.4. The minimum atomic E-state index is -4.49. The van der Waals surface area contributed by atoms with Gasteiger partial charge in [0.15, 0.2) is 0 Å². The third kappa shape index (κ3) is 5.44. The van der Waals surface area contributed by atoms with Gasteiger partial charge in [-0.05, 0) is 54.9 Å². The van der Waals surface area contributed by atoms with Crippen LogP contribution in [0.15, 0.2) is 65.2 Å². The summed E-state index contributed by atoms with van der Waals surface area (Å²) in [6.07, 6.45) is -4.49. The van der Waals surface area contributed by atoms with Crippen LogP contribution in [0.25, 0.3) is 34.0 Å². The predicted molar refractivity (Wildman–Crippen MR) is 124 cm³/mol. The van der Waals surface area contributed by atoms with Crippen molar-refractivity contribution >= 4 is 5.97 Å². The van der Waals surface area contributed by atoms with Gasteiger partial charge in [0, 0.05) is 23.2 Å². The molecule has 4 aromatic rings. The van der Waals surface area contributed by atoms with Crippen LogP contribution in [-0.4, -0.2) is 39.7 Å². The van der Waals surface area contributed by atoms with Crippen LogP contribution in [0.1, 0.15) is 16.7 Å². The highest BCUT2D eigenvalue weighted by molar-refractivity contribution is 5.74. The fourth-order valence-corrected chi connectivity index (χ4v) is 3.91. The van der Waals surface area contributed by atoms with Crippen LogP contribution >= 0.6 is 0 Å². The number of aromatic nitrogens is 2. The Balaban J connectivity index is 1.58. The third-order valence-corrected chi connectivity index (χ3v) is 5.58. The van der Waals surface area contributed by atoms with Crippen LogP contribution in [0.3, 0.4) is 0 Å². The smallest absolute Gasteiger partial charge is 0.417 e. The fraction of sp³-hybridized carbons (Fsp3) is 0.192. The molecule has 0 spiro atoms. The summed E-state index contributed by atoms with van der Waals surface area (Å²) in [5.41, 5.74) is 1.55. The number of hydrogen-bond donors (Lipinski definition) is 1. The molecule has 0 amide bonds.